The second-order valence-electron chi connectivity index (χ2n) is 3.75. The summed E-state index contributed by atoms with van der Waals surface area (Å²) in [7, 11) is 0. The van der Waals surface area contributed by atoms with Crippen molar-refractivity contribution >= 4 is 30.4 Å². The van der Waals surface area contributed by atoms with E-state index in [2.05, 4.69) is 12.6 Å². The Morgan fingerprint density at radius 2 is 2.25 bits per heavy atom. The van der Waals surface area contributed by atoms with Gasteiger partial charge in [-0.1, -0.05) is 0 Å². The van der Waals surface area contributed by atoms with Gasteiger partial charge in [0.25, 0.3) is 0 Å². The third-order valence-electron chi connectivity index (χ3n) is 2.13. The molecule has 0 aromatic heterocycles. The van der Waals surface area contributed by atoms with E-state index in [-0.39, 0.29) is 10.7 Å². The van der Waals surface area contributed by atoms with Gasteiger partial charge in [-0.2, -0.15) is 24.4 Å². The molecule has 0 unspecified atom stereocenters. The molecule has 0 aromatic rings. The van der Waals surface area contributed by atoms with E-state index in [0.717, 1.165) is 12.2 Å². The third kappa shape index (κ3) is 2.33. The third-order valence-corrected chi connectivity index (χ3v) is 4.40. The fourth-order valence-electron chi connectivity index (χ4n) is 1.29. The van der Waals surface area contributed by atoms with E-state index >= 15 is 0 Å². The minimum atomic E-state index is -0.664. The van der Waals surface area contributed by atoms with E-state index in [1.54, 1.807) is 11.8 Å². The highest BCUT2D eigenvalue weighted by Crippen LogP contribution is 2.40. The van der Waals surface area contributed by atoms with Gasteiger partial charge in [0, 0.05) is 15.7 Å². The highest BCUT2D eigenvalue weighted by atomic mass is 32.2. The lowest BCUT2D eigenvalue weighted by atomic mass is 9.99. The molecule has 1 N–H and O–H groups in total. The molecule has 0 saturated carbocycles. The molecule has 4 heteroatoms. The molecule has 2 atom stereocenters. The van der Waals surface area contributed by atoms with Gasteiger partial charge in [0.15, 0.2) is 0 Å². The summed E-state index contributed by atoms with van der Waals surface area (Å²) in [5.74, 6) is -0.0849. The number of carboxylic acids is 1. The van der Waals surface area contributed by atoms with Gasteiger partial charge in [0.05, 0.1) is 5.92 Å². The summed E-state index contributed by atoms with van der Waals surface area (Å²) in [6.45, 7) is 4.08. The van der Waals surface area contributed by atoms with Gasteiger partial charge in [-0.05, 0) is 20.3 Å². The van der Waals surface area contributed by atoms with Crippen molar-refractivity contribution in [3.05, 3.63) is 0 Å². The Kier molecular flexibility index (Phi) is 2.99. The largest absolute Gasteiger partial charge is 0.481 e. The maximum Gasteiger partial charge on any atom is 0.307 e. The quantitative estimate of drug-likeness (QED) is 0.678. The van der Waals surface area contributed by atoms with Crippen molar-refractivity contribution in [1.82, 2.24) is 0 Å². The van der Waals surface area contributed by atoms with Crippen LogP contribution in [0.1, 0.15) is 20.3 Å². The lowest BCUT2D eigenvalue weighted by Gasteiger charge is -2.24. The summed E-state index contributed by atoms with van der Waals surface area (Å²) in [5, 5.41) is 9.14. The summed E-state index contributed by atoms with van der Waals surface area (Å²) in [4.78, 5) is 10.6. The van der Waals surface area contributed by atoms with Crippen LogP contribution in [-0.2, 0) is 4.79 Å². The SMILES string of the molecule is CC(C)(S)[C@H]1C[C@@H](C(=O)O)CS1. The van der Waals surface area contributed by atoms with Crippen molar-refractivity contribution in [3.63, 3.8) is 0 Å². The van der Waals surface area contributed by atoms with Gasteiger partial charge >= 0.3 is 5.97 Å². The van der Waals surface area contributed by atoms with Crippen molar-refractivity contribution in [3.8, 4) is 0 Å². The van der Waals surface area contributed by atoms with Crippen LogP contribution < -0.4 is 0 Å². The molecule has 1 aliphatic heterocycles. The van der Waals surface area contributed by atoms with Crippen LogP contribution in [-0.4, -0.2) is 26.8 Å². The first-order valence-corrected chi connectivity index (χ1v) is 5.47. The van der Waals surface area contributed by atoms with Crippen molar-refractivity contribution < 1.29 is 9.90 Å². The first kappa shape index (κ1) is 10.3. The van der Waals surface area contributed by atoms with Crippen molar-refractivity contribution in [2.75, 3.05) is 5.75 Å². The van der Waals surface area contributed by atoms with E-state index in [1.165, 1.54) is 0 Å². The first-order valence-electron chi connectivity index (χ1n) is 3.98. The molecule has 1 heterocycles. The molecule has 0 aromatic carbocycles. The van der Waals surface area contributed by atoms with Crippen LogP contribution in [0, 0.1) is 5.92 Å². The number of thiol groups is 1. The van der Waals surface area contributed by atoms with Crippen molar-refractivity contribution in [2.45, 2.75) is 30.3 Å². The lowest BCUT2D eigenvalue weighted by molar-refractivity contribution is -0.140. The Labute approximate surface area is 82.5 Å². The monoisotopic (exact) mass is 206 g/mol. The topological polar surface area (TPSA) is 37.3 Å². The first-order chi connectivity index (χ1) is 5.41. The fraction of sp³-hybridized carbons (Fsp3) is 0.875. The summed E-state index contributed by atoms with van der Waals surface area (Å²) < 4.78 is -0.0606. The molecule has 0 radical (unpaired) electrons. The minimum absolute atomic E-state index is 0.0606. The molecule has 1 aliphatic rings. The minimum Gasteiger partial charge on any atom is -0.481 e. The molecule has 1 rings (SSSR count). The Hall–Kier alpha value is 0.170. The fourth-order valence-corrected chi connectivity index (χ4v) is 3.14. The number of hydrogen-bond donors (Lipinski definition) is 2. The summed E-state index contributed by atoms with van der Waals surface area (Å²) in [5.41, 5.74) is 0. The average molecular weight is 206 g/mol. The van der Waals surface area contributed by atoms with Crippen LogP contribution in [0.2, 0.25) is 0 Å². The molecule has 0 amide bonds. The molecule has 12 heavy (non-hydrogen) atoms. The predicted molar refractivity (Wildman–Crippen MR) is 55.1 cm³/mol. The van der Waals surface area contributed by atoms with Crippen LogP contribution in [0.5, 0.6) is 0 Å². The highest BCUT2D eigenvalue weighted by molar-refractivity contribution is 8.01. The Bertz CT molecular complexity index is 186. The maximum absolute atomic E-state index is 10.6. The van der Waals surface area contributed by atoms with Crippen LogP contribution in [0.3, 0.4) is 0 Å². The number of hydrogen-bond acceptors (Lipinski definition) is 3. The number of rotatable bonds is 2. The zero-order valence-electron chi connectivity index (χ0n) is 7.28. The van der Waals surface area contributed by atoms with Gasteiger partial charge in [-0.15, -0.1) is 0 Å². The van der Waals surface area contributed by atoms with E-state index < -0.39 is 5.97 Å². The van der Waals surface area contributed by atoms with E-state index in [9.17, 15) is 4.79 Å². The zero-order valence-corrected chi connectivity index (χ0v) is 8.99. The molecule has 0 spiro atoms. The smallest absolute Gasteiger partial charge is 0.307 e. The second kappa shape index (κ2) is 3.50. The van der Waals surface area contributed by atoms with Gasteiger partial charge in [0.1, 0.15) is 0 Å². The molecule has 0 aliphatic carbocycles. The maximum atomic E-state index is 10.6. The molecule has 1 fully saturated rings. The van der Waals surface area contributed by atoms with Gasteiger partial charge in [-0.3, -0.25) is 4.79 Å². The molecule has 1 saturated heterocycles. The lowest BCUT2D eigenvalue weighted by Crippen LogP contribution is -2.26. The molecule has 2 nitrogen and oxygen atoms in total. The number of aliphatic carboxylic acids is 1. The highest BCUT2D eigenvalue weighted by Gasteiger charge is 2.37. The van der Waals surface area contributed by atoms with E-state index in [0.29, 0.717) is 5.25 Å². The standard InChI is InChI=1S/C8H14O2S2/c1-8(2,11)6-3-5(4-12-6)7(9)10/h5-6,11H,3-4H2,1-2H3,(H,9,10)/t5-,6-/m1/s1. The summed E-state index contributed by atoms with van der Waals surface area (Å²) in [6.07, 6.45) is 0.760. The molecule has 70 valence electrons. The molecular weight excluding hydrogens is 192 g/mol. The van der Waals surface area contributed by atoms with Crippen LogP contribution in [0.25, 0.3) is 0 Å². The Morgan fingerprint density at radius 1 is 1.67 bits per heavy atom. The molecular formula is C8H14O2S2. The second-order valence-corrected chi connectivity index (χ2v) is 6.13. The summed E-state index contributed by atoms with van der Waals surface area (Å²) in [6, 6.07) is 0. The van der Waals surface area contributed by atoms with Gasteiger partial charge in [-0.25, -0.2) is 0 Å². The van der Waals surface area contributed by atoms with Gasteiger partial charge < -0.3 is 5.11 Å². The predicted octanol–water partition coefficient (Wildman–Crippen LogP) is 1.90. The Morgan fingerprint density at radius 3 is 2.50 bits per heavy atom. The zero-order chi connectivity index (χ0) is 9.35. The number of carboxylic acid groups (broad SMARTS) is 1. The van der Waals surface area contributed by atoms with E-state index in [4.69, 9.17) is 5.11 Å². The van der Waals surface area contributed by atoms with Crippen LogP contribution in [0.4, 0.5) is 0 Å². The number of thioether (sulfide) groups is 1. The van der Waals surface area contributed by atoms with Crippen LogP contribution >= 0.6 is 24.4 Å². The van der Waals surface area contributed by atoms with E-state index in [1.807, 2.05) is 13.8 Å². The van der Waals surface area contributed by atoms with Crippen molar-refractivity contribution in [1.29, 1.82) is 0 Å². The Balaban J connectivity index is 2.51. The average Bonchev–Trinajstić information content (AvgIpc) is 2.30. The number of carbonyl (C=O) groups is 1. The van der Waals surface area contributed by atoms with Gasteiger partial charge in [0.2, 0.25) is 0 Å². The van der Waals surface area contributed by atoms with Crippen LogP contribution in [0.15, 0.2) is 0 Å². The normalized spacial score (nSPS) is 30.6. The van der Waals surface area contributed by atoms with Crippen molar-refractivity contribution in [2.24, 2.45) is 5.92 Å². The molecule has 0 bridgehead atoms. The summed E-state index contributed by atoms with van der Waals surface area (Å²) >= 11 is 6.17.